The molecule has 2 heterocycles. The number of benzene rings is 2. The first-order valence-electron chi connectivity index (χ1n) is 8.86. The molecule has 0 saturated carbocycles. The summed E-state index contributed by atoms with van der Waals surface area (Å²) in [7, 11) is 0. The minimum Gasteiger partial charge on any atom is -0.454 e. The number of thioether (sulfide) groups is 1. The van der Waals surface area contributed by atoms with Crippen LogP contribution in [0.4, 0.5) is 0 Å². The third kappa shape index (κ3) is 4.45. The van der Waals surface area contributed by atoms with Crippen molar-refractivity contribution in [1.82, 2.24) is 15.5 Å². The molecule has 28 heavy (non-hydrogen) atoms. The smallest absolute Gasteiger partial charge is 0.277 e. The predicted molar refractivity (Wildman–Crippen MR) is 103 cm³/mol. The number of fused-ring (bicyclic) bond motifs is 1. The lowest BCUT2D eigenvalue weighted by atomic mass is 10.2. The second-order valence-electron chi connectivity index (χ2n) is 6.29. The number of carbonyl (C=O) groups is 1. The molecule has 8 heteroatoms. The normalized spacial score (nSPS) is 13.3. The second kappa shape index (κ2) is 8.35. The van der Waals surface area contributed by atoms with Crippen LogP contribution in [-0.2, 0) is 17.8 Å². The van der Waals surface area contributed by atoms with Crippen molar-refractivity contribution in [2.75, 3.05) is 6.79 Å². The van der Waals surface area contributed by atoms with Crippen molar-refractivity contribution in [3.8, 4) is 11.5 Å². The van der Waals surface area contributed by atoms with E-state index in [2.05, 4.69) is 15.5 Å². The van der Waals surface area contributed by atoms with Gasteiger partial charge >= 0.3 is 0 Å². The summed E-state index contributed by atoms with van der Waals surface area (Å²) in [6, 6.07) is 15.5. The van der Waals surface area contributed by atoms with Gasteiger partial charge in [-0.1, -0.05) is 48.2 Å². The van der Waals surface area contributed by atoms with E-state index in [1.807, 2.05) is 48.5 Å². The molecule has 0 saturated heterocycles. The van der Waals surface area contributed by atoms with Gasteiger partial charge in [0.05, 0.1) is 11.7 Å². The van der Waals surface area contributed by atoms with Crippen LogP contribution in [-0.4, -0.2) is 28.1 Å². The van der Waals surface area contributed by atoms with Crippen LogP contribution in [0, 0.1) is 0 Å². The third-order valence-electron chi connectivity index (χ3n) is 4.20. The van der Waals surface area contributed by atoms with Gasteiger partial charge in [0.2, 0.25) is 18.6 Å². The molecule has 4 rings (SSSR count). The van der Waals surface area contributed by atoms with Crippen LogP contribution < -0.4 is 14.8 Å². The van der Waals surface area contributed by atoms with E-state index < -0.39 is 0 Å². The summed E-state index contributed by atoms with van der Waals surface area (Å²) in [6.07, 6.45) is 0.569. The lowest BCUT2D eigenvalue weighted by molar-refractivity contribution is -0.120. The molecule has 0 unspecified atom stereocenters. The zero-order valence-electron chi connectivity index (χ0n) is 15.3. The second-order valence-corrected chi connectivity index (χ2v) is 7.58. The van der Waals surface area contributed by atoms with Crippen LogP contribution in [0.5, 0.6) is 11.5 Å². The Morgan fingerprint density at radius 2 is 1.93 bits per heavy atom. The molecule has 0 bridgehead atoms. The van der Waals surface area contributed by atoms with Crippen molar-refractivity contribution in [1.29, 1.82) is 0 Å². The molecule has 0 aliphatic carbocycles. The molecule has 0 radical (unpaired) electrons. The fourth-order valence-electron chi connectivity index (χ4n) is 2.72. The van der Waals surface area contributed by atoms with Crippen molar-refractivity contribution in [3.63, 3.8) is 0 Å². The Hall–Kier alpha value is -3.00. The maximum absolute atomic E-state index is 12.4. The number of nitrogens with one attached hydrogen (secondary N) is 1. The lowest BCUT2D eigenvalue weighted by Crippen LogP contribution is -2.30. The number of carbonyl (C=O) groups excluding carboxylic acids is 1. The van der Waals surface area contributed by atoms with E-state index in [1.54, 1.807) is 6.92 Å². The quantitative estimate of drug-likeness (QED) is 0.613. The van der Waals surface area contributed by atoms with Crippen molar-refractivity contribution in [2.24, 2.45) is 0 Å². The summed E-state index contributed by atoms with van der Waals surface area (Å²) in [6.45, 7) is 2.44. The summed E-state index contributed by atoms with van der Waals surface area (Å²) >= 11 is 1.24. The molecular weight excluding hydrogens is 378 g/mol. The number of aromatic nitrogens is 2. The average Bonchev–Trinajstić information content (AvgIpc) is 3.35. The van der Waals surface area contributed by atoms with E-state index in [0.717, 1.165) is 16.9 Å². The van der Waals surface area contributed by atoms with Crippen LogP contribution in [0.1, 0.15) is 23.9 Å². The lowest BCUT2D eigenvalue weighted by Gasteiger charge is -2.10. The first-order valence-corrected chi connectivity index (χ1v) is 9.74. The number of amides is 1. The molecule has 2 aromatic carbocycles. The largest absolute Gasteiger partial charge is 0.454 e. The summed E-state index contributed by atoms with van der Waals surface area (Å²) in [5.74, 6) is 1.85. The number of nitrogens with zero attached hydrogens (tertiary/aromatic N) is 2. The van der Waals surface area contributed by atoms with Gasteiger partial charge in [-0.2, -0.15) is 0 Å². The molecule has 1 aliphatic rings. The number of hydrogen-bond donors (Lipinski definition) is 1. The fraction of sp³-hybridized carbons (Fsp3) is 0.250. The van der Waals surface area contributed by atoms with E-state index in [9.17, 15) is 4.79 Å². The minimum absolute atomic E-state index is 0.106. The standard InChI is InChI=1S/C20H19N3O4S/c1-13(19(24)21-11-15-7-8-16-17(9-15)26-12-25-16)28-20-23-22-18(27-20)10-14-5-3-2-4-6-14/h2-9,13H,10-12H2,1H3,(H,21,24)/t13-/m0/s1. The fourth-order valence-corrected chi connectivity index (χ4v) is 3.44. The van der Waals surface area contributed by atoms with Gasteiger partial charge in [-0.05, 0) is 30.2 Å². The summed E-state index contributed by atoms with van der Waals surface area (Å²) in [4.78, 5) is 12.4. The Balaban J connectivity index is 1.28. The third-order valence-corrected chi connectivity index (χ3v) is 5.13. The van der Waals surface area contributed by atoms with Gasteiger partial charge in [0.1, 0.15) is 0 Å². The minimum atomic E-state index is -0.362. The highest BCUT2D eigenvalue weighted by Crippen LogP contribution is 2.32. The molecular formula is C20H19N3O4S. The van der Waals surface area contributed by atoms with Crippen molar-refractivity contribution >= 4 is 17.7 Å². The molecule has 1 aliphatic heterocycles. The predicted octanol–water partition coefficient (Wildman–Crippen LogP) is 3.19. The maximum atomic E-state index is 12.4. The Kier molecular flexibility index (Phi) is 5.48. The van der Waals surface area contributed by atoms with Crippen LogP contribution in [0.2, 0.25) is 0 Å². The Bertz CT molecular complexity index is 961. The van der Waals surface area contributed by atoms with Gasteiger partial charge in [-0.3, -0.25) is 4.79 Å². The zero-order chi connectivity index (χ0) is 19.3. The molecule has 1 aromatic heterocycles. The molecule has 1 amide bonds. The van der Waals surface area contributed by atoms with Crippen LogP contribution in [0.15, 0.2) is 58.2 Å². The van der Waals surface area contributed by atoms with Crippen LogP contribution in [0.25, 0.3) is 0 Å². The highest BCUT2D eigenvalue weighted by Gasteiger charge is 2.19. The molecule has 1 atom stereocenters. The maximum Gasteiger partial charge on any atom is 0.277 e. The van der Waals surface area contributed by atoms with E-state index in [4.69, 9.17) is 13.9 Å². The summed E-state index contributed by atoms with van der Waals surface area (Å²) in [5.41, 5.74) is 2.04. The van der Waals surface area contributed by atoms with Gasteiger partial charge < -0.3 is 19.2 Å². The number of rotatable bonds is 7. The monoisotopic (exact) mass is 397 g/mol. The highest BCUT2D eigenvalue weighted by atomic mass is 32.2. The van der Waals surface area contributed by atoms with Crippen LogP contribution in [0.3, 0.4) is 0 Å². The SMILES string of the molecule is C[C@H](Sc1nnc(Cc2ccccc2)o1)C(=O)NCc1ccc2c(c1)OCO2. The summed E-state index contributed by atoms with van der Waals surface area (Å²) in [5, 5.41) is 11.0. The molecule has 3 aromatic rings. The van der Waals surface area contributed by atoms with Gasteiger partial charge in [-0.25, -0.2) is 0 Å². The molecule has 0 spiro atoms. The van der Waals surface area contributed by atoms with E-state index >= 15 is 0 Å². The summed E-state index contributed by atoms with van der Waals surface area (Å²) < 4.78 is 16.3. The van der Waals surface area contributed by atoms with Crippen molar-refractivity contribution in [2.45, 2.75) is 30.4 Å². The van der Waals surface area contributed by atoms with Gasteiger partial charge in [0.25, 0.3) is 5.22 Å². The molecule has 144 valence electrons. The van der Waals surface area contributed by atoms with E-state index in [1.165, 1.54) is 11.8 Å². The first kappa shape index (κ1) is 18.4. The zero-order valence-corrected chi connectivity index (χ0v) is 16.1. The van der Waals surface area contributed by atoms with Crippen molar-refractivity contribution in [3.05, 3.63) is 65.5 Å². The number of ether oxygens (including phenoxy) is 2. The highest BCUT2D eigenvalue weighted by molar-refractivity contribution is 8.00. The van der Waals surface area contributed by atoms with E-state index in [-0.39, 0.29) is 18.0 Å². The average molecular weight is 397 g/mol. The van der Waals surface area contributed by atoms with Crippen LogP contribution >= 0.6 is 11.8 Å². The van der Waals surface area contributed by atoms with Gasteiger partial charge in [0, 0.05) is 6.54 Å². The Morgan fingerprint density at radius 1 is 1.11 bits per heavy atom. The van der Waals surface area contributed by atoms with Crippen molar-refractivity contribution < 1.29 is 18.7 Å². The Labute approximate surface area is 166 Å². The van der Waals surface area contributed by atoms with E-state index in [0.29, 0.717) is 29.8 Å². The Morgan fingerprint density at radius 3 is 2.79 bits per heavy atom. The van der Waals surface area contributed by atoms with Gasteiger partial charge in [0.15, 0.2) is 11.5 Å². The topological polar surface area (TPSA) is 86.5 Å². The molecule has 7 nitrogen and oxygen atoms in total. The van der Waals surface area contributed by atoms with Gasteiger partial charge in [-0.15, -0.1) is 10.2 Å². The molecule has 0 fully saturated rings. The first-order chi connectivity index (χ1) is 13.7. The molecule has 1 N–H and O–H groups in total. The number of hydrogen-bond acceptors (Lipinski definition) is 7.